The van der Waals surface area contributed by atoms with E-state index >= 15 is 0 Å². The Morgan fingerprint density at radius 3 is 2.88 bits per heavy atom. The maximum absolute atomic E-state index is 5.81. The zero-order chi connectivity index (χ0) is 11.4. The fourth-order valence-corrected chi connectivity index (χ4v) is 4.03. The molecule has 0 spiro atoms. The molecule has 2 N–H and O–H groups in total. The molecule has 88 valence electrons. The second kappa shape index (κ2) is 5.74. The van der Waals surface area contributed by atoms with Crippen molar-refractivity contribution < 1.29 is 0 Å². The SMILES string of the molecule is Cc1ccccc1CSC1CCCC1CN. The maximum Gasteiger partial charge on any atom is 0.0190 e. The summed E-state index contributed by atoms with van der Waals surface area (Å²) in [6.07, 6.45) is 4.06. The summed E-state index contributed by atoms with van der Waals surface area (Å²) < 4.78 is 0. The van der Waals surface area contributed by atoms with Crippen molar-refractivity contribution in [3.8, 4) is 0 Å². The topological polar surface area (TPSA) is 26.0 Å². The Bertz CT molecular complexity index is 337. The summed E-state index contributed by atoms with van der Waals surface area (Å²) in [7, 11) is 0. The van der Waals surface area contributed by atoms with Crippen LogP contribution in [0.15, 0.2) is 24.3 Å². The minimum absolute atomic E-state index is 0.758. The molecule has 1 aliphatic rings. The van der Waals surface area contributed by atoms with Gasteiger partial charge in [-0.05, 0) is 43.4 Å². The molecule has 1 aromatic carbocycles. The second-order valence-electron chi connectivity index (χ2n) is 4.70. The smallest absolute Gasteiger partial charge is 0.0190 e. The van der Waals surface area contributed by atoms with Gasteiger partial charge >= 0.3 is 0 Å². The van der Waals surface area contributed by atoms with Gasteiger partial charge in [-0.2, -0.15) is 11.8 Å². The van der Waals surface area contributed by atoms with Gasteiger partial charge in [0.2, 0.25) is 0 Å². The van der Waals surface area contributed by atoms with Crippen molar-refractivity contribution in [2.45, 2.75) is 37.2 Å². The van der Waals surface area contributed by atoms with E-state index in [-0.39, 0.29) is 0 Å². The first-order valence-electron chi connectivity index (χ1n) is 6.17. The van der Waals surface area contributed by atoms with Crippen molar-refractivity contribution in [3.05, 3.63) is 35.4 Å². The van der Waals surface area contributed by atoms with Crippen molar-refractivity contribution in [3.63, 3.8) is 0 Å². The van der Waals surface area contributed by atoms with Crippen LogP contribution in [0.5, 0.6) is 0 Å². The molecule has 0 heterocycles. The summed E-state index contributed by atoms with van der Waals surface area (Å²) in [6.45, 7) is 3.07. The quantitative estimate of drug-likeness (QED) is 0.866. The summed E-state index contributed by atoms with van der Waals surface area (Å²) in [6, 6.07) is 8.69. The number of rotatable bonds is 4. The van der Waals surface area contributed by atoms with Gasteiger partial charge < -0.3 is 5.73 Å². The first-order valence-corrected chi connectivity index (χ1v) is 7.22. The lowest BCUT2D eigenvalue weighted by Crippen LogP contribution is -2.20. The number of hydrogen-bond acceptors (Lipinski definition) is 2. The predicted molar refractivity (Wildman–Crippen MR) is 72.7 cm³/mol. The van der Waals surface area contributed by atoms with E-state index in [9.17, 15) is 0 Å². The Balaban J connectivity index is 1.90. The van der Waals surface area contributed by atoms with Crippen LogP contribution < -0.4 is 5.73 Å². The molecule has 1 saturated carbocycles. The Labute approximate surface area is 103 Å². The van der Waals surface area contributed by atoms with Crippen LogP contribution in [0.3, 0.4) is 0 Å². The van der Waals surface area contributed by atoms with Crippen LogP contribution in [-0.4, -0.2) is 11.8 Å². The third-order valence-corrected chi connectivity index (χ3v) is 5.13. The van der Waals surface area contributed by atoms with Gasteiger partial charge in [-0.25, -0.2) is 0 Å². The van der Waals surface area contributed by atoms with E-state index < -0.39 is 0 Å². The third kappa shape index (κ3) is 2.80. The molecule has 0 aliphatic heterocycles. The zero-order valence-corrected chi connectivity index (χ0v) is 10.8. The molecule has 2 unspecified atom stereocenters. The van der Waals surface area contributed by atoms with Gasteiger partial charge in [0.15, 0.2) is 0 Å². The van der Waals surface area contributed by atoms with Crippen molar-refractivity contribution in [1.29, 1.82) is 0 Å². The van der Waals surface area contributed by atoms with Crippen LogP contribution in [0.4, 0.5) is 0 Å². The number of hydrogen-bond donors (Lipinski definition) is 1. The van der Waals surface area contributed by atoms with Crippen molar-refractivity contribution in [1.82, 2.24) is 0 Å². The van der Waals surface area contributed by atoms with Crippen LogP contribution >= 0.6 is 11.8 Å². The highest BCUT2D eigenvalue weighted by molar-refractivity contribution is 7.99. The van der Waals surface area contributed by atoms with Crippen LogP contribution in [0.25, 0.3) is 0 Å². The monoisotopic (exact) mass is 235 g/mol. The molecule has 0 radical (unpaired) electrons. The van der Waals surface area contributed by atoms with E-state index in [4.69, 9.17) is 5.73 Å². The summed E-state index contributed by atoms with van der Waals surface area (Å²) in [4.78, 5) is 0. The second-order valence-corrected chi connectivity index (χ2v) is 5.93. The standard InChI is InChI=1S/C14H21NS/c1-11-5-2-3-6-13(11)10-16-14-8-4-7-12(14)9-15/h2-3,5-6,12,14H,4,7-10,15H2,1H3. The average Bonchev–Trinajstić information content (AvgIpc) is 2.75. The lowest BCUT2D eigenvalue weighted by atomic mass is 10.1. The van der Waals surface area contributed by atoms with Crippen molar-refractivity contribution >= 4 is 11.8 Å². The maximum atomic E-state index is 5.81. The Morgan fingerprint density at radius 1 is 1.31 bits per heavy atom. The zero-order valence-electron chi connectivity index (χ0n) is 9.99. The molecule has 2 atom stereocenters. The molecule has 0 amide bonds. The van der Waals surface area contributed by atoms with Crippen LogP contribution in [0.1, 0.15) is 30.4 Å². The highest BCUT2D eigenvalue weighted by Gasteiger charge is 2.26. The number of nitrogens with two attached hydrogens (primary N) is 1. The van der Waals surface area contributed by atoms with E-state index in [1.165, 1.54) is 30.4 Å². The van der Waals surface area contributed by atoms with E-state index in [0.29, 0.717) is 0 Å². The first kappa shape index (κ1) is 12.0. The predicted octanol–water partition coefficient (Wildman–Crippen LogP) is 3.36. The highest BCUT2D eigenvalue weighted by atomic mass is 32.2. The largest absolute Gasteiger partial charge is 0.330 e. The molecule has 2 rings (SSSR count). The number of benzene rings is 1. The van der Waals surface area contributed by atoms with Gasteiger partial charge in [-0.15, -0.1) is 0 Å². The van der Waals surface area contributed by atoms with Crippen molar-refractivity contribution in [2.75, 3.05) is 6.54 Å². The molecule has 2 heteroatoms. The van der Waals surface area contributed by atoms with E-state index in [2.05, 4.69) is 43.0 Å². The van der Waals surface area contributed by atoms with Gasteiger partial charge in [0, 0.05) is 11.0 Å². The highest BCUT2D eigenvalue weighted by Crippen LogP contribution is 2.36. The van der Waals surface area contributed by atoms with Crippen LogP contribution in [0.2, 0.25) is 0 Å². The van der Waals surface area contributed by atoms with Gasteiger partial charge in [-0.3, -0.25) is 0 Å². The summed E-state index contributed by atoms with van der Waals surface area (Å²) in [5.74, 6) is 1.91. The molecule has 1 aromatic rings. The molecular weight excluding hydrogens is 214 g/mol. The van der Waals surface area contributed by atoms with Gasteiger partial charge in [0.25, 0.3) is 0 Å². The van der Waals surface area contributed by atoms with Gasteiger partial charge in [0.1, 0.15) is 0 Å². The Kier molecular flexibility index (Phi) is 4.30. The van der Waals surface area contributed by atoms with Gasteiger partial charge in [0.05, 0.1) is 0 Å². The fraction of sp³-hybridized carbons (Fsp3) is 0.571. The summed E-state index contributed by atoms with van der Waals surface area (Å²) >= 11 is 2.10. The van der Waals surface area contributed by atoms with Crippen LogP contribution in [-0.2, 0) is 5.75 Å². The summed E-state index contributed by atoms with van der Waals surface area (Å²) in [5.41, 5.74) is 8.71. The Morgan fingerprint density at radius 2 is 2.12 bits per heavy atom. The van der Waals surface area contributed by atoms with E-state index in [1.807, 2.05) is 0 Å². The fourth-order valence-electron chi connectivity index (χ4n) is 2.46. The molecule has 0 aromatic heterocycles. The lowest BCUT2D eigenvalue weighted by Gasteiger charge is -2.17. The molecule has 1 fully saturated rings. The molecule has 0 saturated heterocycles. The van der Waals surface area contributed by atoms with Gasteiger partial charge in [-0.1, -0.05) is 30.7 Å². The summed E-state index contributed by atoms with van der Waals surface area (Å²) in [5, 5.41) is 0.796. The minimum atomic E-state index is 0.758. The molecular formula is C14H21NS. The van der Waals surface area contributed by atoms with E-state index in [0.717, 1.165) is 23.5 Å². The van der Waals surface area contributed by atoms with Crippen LogP contribution in [0, 0.1) is 12.8 Å². The van der Waals surface area contributed by atoms with E-state index in [1.54, 1.807) is 0 Å². The average molecular weight is 235 g/mol. The third-order valence-electron chi connectivity index (χ3n) is 3.61. The normalized spacial score (nSPS) is 24.9. The molecule has 1 aliphatic carbocycles. The molecule has 0 bridgehead atoms. The molecule has 16 heavy (non-hydrogen) atoms. The minimum Gasteiger partial charge on any atom is -0.330 e. The first-order chi connectivity index (χ1) is 7.81. The lowest BCUT2D eigenvalue weighted by molar-refractivity contribution is 0.573. The Hall–Kier alpha value is -0.470. The van der Waals surface area contributed by atoms with Crippen molar-refractivity contribution in [2.24, 2.45) is 11.7 Å². The number of thioether (sulfide) groups is 1. The number of aryl methyl sites for hydroxylation is 1. The molecule has 1 nitrogen and oxygen atoms in total.